The third-order valence-corrected chi connectivity index (χ3v) is 5.28. The van der Waals surface area contributed by atoms with Gasteiger partial charge in [0.1, 0.15) is 0 Å². The average molecular weight is 405 g/mol. The smallest absolute Gasteiger partial charge is 0.347 e. The second kappa shape index (κ2) is 9.39. The number of halogens is 3. The summed E-state index contributed by atoms with van der Waals surface area (Å²) in [4.78, 5) is 18.6. The SMILES string of the molecule is Cc1ccc(CC(NC(=O)C2CCN(CC(F)(F)F)CC2)c2ccccn2)cc1. The van der Waals surface area contributed by atoms with Crippen molar-refractivity contribution in [3.05, 3.63) is 65.5 Å². The summed E-state index contributed by atoms with van der Waals surface area (Å²) >= 11 is 0. The van der Waals surface area contributed by atoms with Gasteiger partial charge in [0, 0.05) is 12.1 Å². The molecule has 7 heteroatoms. The molecule has 1 unspecified atom stereocenters. The molecular weight excluding hydrogens is 379 g/mol. The normalized spacial score (nSPS) is 17.1. The maximum absolute atomic E-state index is 12.8. The highest BCUT2D eigenvalue weighted by Crippen LogP contribution is 2.24. The van der Waals surface area contributed by atoms with Crippen LogP contribution in [0.15, 0.2) is 48.7 Å². The van der Waals surface area contributed by atoms with Crippen LogP contribution in [-0.2, 0) is 11.2 Å². The van der Waals surface area contributed by atoms with E-state index in [0.29, 0.717) is 19.3 Å². The van der Waals surface area contributed by atoms with Gasteiger partial charge in [0.25, 0.3) is 0 Å². The number of rotatable bonds is 6. The number of carbonyl (C=O) groups excluding carboxylic acids is 1. The summed E-state index contributed by atoms with van der Waals surface area (Å²) in [5.41, 5.74) is 3.03. The Kier molecular flexibility index (Phi) is 6.90. The molecule has 1 saturated heterocycles. The van der Waals surface area contributed by atoms with E-state index in [4.69, 9.17) is 0 Å². The molecule has 1 aliphatic rings. The number of carbonyl (C=O) groups is 1. The molecule has 1 aliphatic heterocycles. The molecule has 2 heterocycles. The monoisotopic (exact) mass is 405 g/mol. The second-order valence-electron chi connectivity index (χ2n) is 7.67. The molecule has 2 aromatic rings. The minimum Gasteiger partial charge on any atom is -0.347 e. The number of piperidine rings is 1. The predicted molar refractivity (Wildman–Crippen MR) is 105 cm³/mol. The molecule has 1 aromatic heterocycles. The van der Waals surface area contributed by atoms with Crippen molar-refractivity contribution in [2.75, 3.05) is 19.6 Å². The van der Waals surface area contributed by atoms with Gasteiger partial charge in [-0.2, -0.15) is 13.2 Å². The number of hydrogen-bond donors (Lipinski definition) is 1. The van der Waals surface area contributed by atoms with E-state index in [1.807, 2.05) is 49.4 Å². The number of amides is 1. The Morgan fingerprint density at radius 2 is 1.86 bits per heavy atom. The van der Waals surface area contributed by atoms with Gasteiger partial charge in [-0.1, -0.05) is 35.9 Å². The molecule has 29 heavy (non-hydrogen) atoms. The lowest BCUT2D eigenvalue weighted by Gasteiger charge is -2.32. The highest BCUT2D eigenvalue weighted by Gasteiger charge is 2.34. The van der Waals surface area contributed by atoms with Gasteiger partial charge in [-0.25, -0.2) is 0 Å². The Morgan fingerprint density at radius 3 is 2.45 bits per heavy atom. The zero-order valence-corrected chi connectivity index (χ0v) is 16.5. The van der Waals surface area contributed by atoms with Crippen LogP contribution >= 0.6 is 0 Å². The van der Waals surface area contributed by atoms with Crippen LogP contribution in [0.2, 0.25) is 0 Å². The standard InChI is InChI=1S/C22H26F3N3O/c1-16-5-7-17(8-6-16)14-20(19-4-2-3-11-26-19)27-21(29)18-9-12-28(13-10-18)15-22(23,24)25/h2-8,11,18,20H,9-10,12-15H2,1H3,(H,27,29). The molecule has 1 N–H and O–H groups in total. The average Bonchev–Trinajstić information content (AvgIpc) is 2.69. The number of pyridine rings is 1. The van der Waals surface area contributed by atoms with Crippen molar-refractivity contribution in [1.29, 1.82) is 0 Å². The van der Waals surface area contributed by atoms with Crippen LogP contribution in [0, 0.1) is 12.8 Å². The number of nitrogens with one attached hydrogen (secondary N) is 1. The fourth-order valence-electron chi connectivity index (χ4n) is 3.67. The maximum Gasteiger partial charge on any atom is 0.401 e. The van der Waals surface area contributed by atoms with Gasteiger partial charge in [0.2, 0.25) is 5.91 Å². The molecule has 0 spiro atoms. The topological polar surface area (TPSA) is 45.2 Å². The summed E-state index contributed by atoms with van der Waals surface area (Å²) in [6, 6.07) is 13.4. The number of hydrogen-bond acceptors (Lipinski definition) is 3. The molecular formula is C22H26F3N3O. The van der Waals surface area contributed by atoms with Crippen LogP contribution in [0.3, 0.4) is 0 Å². The highest BCUT2D eigenvalue weighted by atomic mass is 19.4. The number of alkyl halides is 3. The van der Waals surface area contributed by atoms with Crippen molar-refractivity contribution in [2.24, 2.45) is 5.92 Å². The quantitative estimate of drug-likeness (QED) is 0.788. The van der Waals surface area contributed by atoms with Crippen LogP contribution in [0.25, 0.3) is 0 Å². The van der Waals surface area contributed by atoms with E-state index in [9.17, 15) is 18.0 Å². The van der Waals surface area contributed by atoms with Crippen LogP contribution < -0.4 is 5.32 Å². The fraction of sp³-hybridized carbons (Fsp3) is 0.455. The lowest BCUT2D eigenvalue weighted by molar-refractivity contribution is -0.149. The Balaban J connectivity index is 1.63. The van der Waals surface area contributed by atoms with Crippen LogP contribution in [0.1, 0.15) is 35.7 Å². The van der Waals surface area contributed by atoms with E-state index in [0.717, 1.165) is 16.8 Å². The molecule has 1 amide bonds. The first kappa shape index (κ1) is 21.3. The summed E-state index contributed by atoms with van der Waals surface area (Å²) in [6.45, 7) is 1.67. The van der Waals surface area contributed by atoms with Crippen LogP contribution in [-0.4, -0.2) is 41.6 Å². The van der Waals surface area contributed by atoms with E-state index < -0.39 is 12.7 Å². The van der Waals surface area contributed by atoms with Crippen LogP contribution in [0.4, 0.5) is 13.2 Å². The molecule has 0 radical (unpaired) electrons. The van der Waals surface area contributed by atoms with Crippen molar-refractivity contribution in [3.8, 4) is 0 Å². The molecule has 0 aliphatic carbocycles. The summed E-state index contributed by atoms with van der Waals surface area (Å²) < 4.78 is 37.7. The highest BCUT2D eigenvalue weighted by molar-refractivity contribution is 5.79. The molecule has 1 fully saturated rings. The van der Waals surface area contributed by atoms with Gasteiger partial charge in [0.15, 0.2) is 0 Å². The van der Waals surface area contributed by atoms with E-state index in [2.05, 4.69) is 10.3 Å². The minimum atomic E-state index is -4.20. The van der Waals surface area contributed by atoms with Gasteiger partial charge in [-0.15, -0.1) is 0 Å². The maximum atomic E-state index is 12.8. The lowest BCUT2D eigenvalue weighted by Crippen LogP contribution is -2.44. The van der Waals surface area contributed by atoms with Crippen LogP contribution in [0.5, 0.6) is 0 Å². The van der Waals surface area contributed by atoms with E-state index in [1.54, 1.807) is 6.20 Å². The zero-order chi connectivity index (χ0) is 20.9. The first-order valence-corrected chi connectivity index (χ1v) is 9.86. The van der Waals surface area contributed by atoms with Gasteiger partial charge >= 0.3 is 6.18 Å². The first-order valence-electron chi connectivity index (χ1n) is 9.86. The van der Waals surface area contributed by atoms with Crippen molar-refractivity contribution in [1.82, 2.24) is 15.2 Å². The predicted octanol–water partition coefficient (Wildman–Crippen LogP) is 4.06. The first-order chi connectivity index (χ1) is 13.8. The third kappa shape index (κ3) is 6.56. The summed E-state index contributed by atoms with van der Waals surface area (Å²) in [5, 5.41) is 3.09. The van der Waals surface area contributed by atoms with Crippen molar-refractivity contribution in [2.45, 2.75) is 38.4 Å². The number of benzene rings is 1. The molecule has 0 bridgehead atoms. The lowest BCUT2D eigenvalue weighted by atomic mass is 9.94. The molecule has 1 atom stereocenters. The molecule has 1 aromatic carbocycles. The summed E-state index contributed by atoms with van der Waals surface area (Å²) in [7, 11) is 0. The van der Waals surface area contributed by atoms with E-state index >= 15 is 0 Å². The van der Waals surface area contributed by atoms with Gasteiger partial charge in [-0.05, 0) is 57.0 Å². The van der Waals surface area contributed by atoms with Crippen molar-refractivity contribution in [3.63, 3.8) is 0 Å². The molecule has 3 rings (SSSR count). The Hall–Kier alpha value is -2.41. The number of aromatic nitrogens is 1. The zero-order valence-electron chi connectivity index (χ0n) is 16.5. The summed E-state index contributed by atoms with van der Waals surface area (Å²) in [5.74, 6) is -0.386. The number of likely N-dealkylation sites (tertiary alicyclic amines) is 1. The third-order valence-electron chi connectivity index (χ3n) is 5.28. The fourth-order valence-corrected chi connectivity index (χ4v) is 3.67. The number of aryl methyl sites for hydroxylation is 1. The van der Waals surface area contributed by atoms with Crippen molar-refractivity contribution < 1.29 is 18.0 Å². The van der Waals surface area contributed by atoms with Gasteiger partial charge < -0.3 is 5.32 Å². The largest absolute Gasteiger partial charge is 0.401 e. The Morgan fingerprint density at radius 1 is 1.17 bits per heavy atom. The van der Waals surface area contributed by atoms with E-state index in [1.165, 1.54) is 4.90 Å². The summed E-state index contributed by atoms with van der Waals surface area (Å²) in [6.07, 6.45) is -1.04. The van der Waals surface area contributed by atoms with Crippen molar-refractivity contribution >= 4 is 5.91 Å². The molecule has 156 valence electrons. The molecule has 0 saturated carbocycles. The van der Waals surface area contributed by atoms with E-state index in [-0.39, 0.29) is 31.0 Å². The minimum absolute atomic E-state index is 0.112. The Bertz CT molecular complexity index is 785. The Labute approximate surface area is 169 Å². The molecule has 4 nitrogen and oxygen atoms in total. The second-order valence-corrected chi connectivity index (χ2v) is 7.67. The van der Waals surface area contributed by atoms with Gasteiger partial charge in [-0.3, -0.25) is 14.7 Å². The van der Waals surface area contributed by atoms with Gasteiger partial charge in [0.05, 0.1) is 18.3 Å². The number of nitrogens with zero attached hydrogens (tertiary/aromatic N) is 2.